The van der Waals surface area contributed by atoms with Gasteiger partial charge in [0, 0.05) is 16.7 Å². The van der Waals surface area contributed by atoms with Crippen LogP contribution >= 0.6 is 11.6 Å². The van der Waals surface area contributed by atoms with E-state index in [1.54, 1.807) is 18.2 Å². The molecule has 0 radical (unpaired) electrons. The average Bonchev–Trinajstić information content (AvgIpc) is 3.08. The largest absolute Gasteiger partial charge is 0.339 e. The number of carbonyl (C=O) groups excluding carboxylic acids is 1. The Bertz CT molecular complexity index is 772. The van der Waals surface area contributed by atoms with E-state index in [4.69, 9.17) is 26.3 Å². The highest BCUT2D eigenvalue weighted by molar-refractivity contribution is 6.18. The van der Waals surface area contributed by atoms with Crippen molar-refractivity contribution in [1.82, 2.24) is 0 Å². The lowest BCUT2D eigenvalue weighted by Crippen LogP contribution is -2.32. The number of carbonyl (C=O) groups is 1. The molecule has 0 aliphatic carbocycles. The summed E-state index contributed by atoms with van der Waals surface area (Å²) >= 11 is 5.95. The molecule has 0 N–H and O–H groups in total. The van der Waals surface area contributed by atoms with E-state index in [-0.39, 0.29) is 18.3 Å². The zero-order valence-electron chi connectivity index (χ0n) is 12.9. The van der Waals surface area contributed by atoms with E-state index < -0.39 is 5.79 Å². The molecule has 0 aromatic heterocycles. The number of hydrogen-bond donors (Lipinski definition) is 0. The van der Waals surface area contributed by atoms with Crippen LogP contribution in [-0.2, 0) is 15.3 Å². The highest BCUT2D eigenvalue weighted by Gasteiger charge is 2.46. The molecule has 0 bridgehead atoms. The zero-order chi connectivity index (χ0) is 17.0. The number of hydrogen-bond acceptors (Lipinski definition) is 4. The van der Waals surface area contributed by atoms with E-state index in [0.717, 1.165) is 5.56 Å². The van der Waals surface area contributed by atoms with Gasteiger partial charge in [-0.05, 0) is 0 Å². The van der Waals surface area contributed by atoms with Crippen LogP contribution in [0.15, 0.2) is 54.6 Å². The third-order valence-corrected chi connectivity index (χ3v) is 4.30. The molecular formula is C19H16ClNO3. The molecule has 5 heteroatoms. The van der Waals surface area contributed by atoms with E-state index in [1.165, 1.54) is 0 Å². The molecule has 2 unspecified atom stereocenters. The van der Waals surface area contributed by atoms with Crippen molar-refractivity contribution in [2.75, 3.05) is 12.5 Å². The summed E-state index contributed by atoms with van der Waals surface area (Å²) in [5, 5.41) is 8.86. The maximum Gasteiger partial charge on any atom is 0.223 e. The zero-order valence-corrected chi connectivity index (χ0v) is 13.7. The van der Waals surface area contributed by atoms with Gasteiger partial charge in [-0.25, -0.2) is 0 Å². The van der Waals surface area contributed by atoms with Crippen molar-refractivity contribution in [3.8, 4) is 6.07 Å². The van der Waals surface area contributed by atoms with Crippen LogP contribution in [0.4, 0.5) is 0 Å². The number of nitriles is 1. The van der Waals surface area contributed by atoms with Crippen LogP contribution in [0.25, 0.3) is 0 Å². The Morgan fingerprint density at radius 3 is 2.58 bits per heavy atom. The molecular weight excluding hydrogens is 326 g/mol. The van der Waals surface area contributed by atoms with Gasteiger partial charge in [0.25, 0.3) is 0 Å². The van der Waals surface area contributed by atoms with Gasteiger partial charge in [-0.1, -0.05) is 54.6 Å². The molecule has 4 nitrogen and oxygen atoms in total. The molecule has 1 heterocycles. The molecule has 1 aliphatic heterocycles. The molecule has 1 fully saturated rings. The number of benzene rings is 2. The second-order valence-corrected chi connectivity index (χ2v) is 5.80. The monoisotopic (exact) mass is 341 g/mol. The van der Waals surface area contributed by atoms with Crippen LogP contribution in [-0.4, -0.2) is 24.4 Å². The average molecular weight is 342 g/mol. The summed E-state index contributed by atoms with van der Waals surface area (Å²) in [4.78, 5) is 12.4. The maximum absolute atomic E-state index is 12.4. The SMILES string of the molecule is N#CCC(=O)c1ccccc1C1(c2ccccc2)OCC(CCl)O1. The maximum atomic E-state index is 12.4. The van der Waals surface area contributed by atoms with Crippen molar-refractivity contribution in [3.05, 3.63) is 71.3 Å². The van der Waals surface area contributed by atoms with Crippen molar-refractivity contribution in [3.63, 3.8) is 0 Å². The first kappa shape index (κ1) is 16.7. The number of halogens is 1. The normalized spacial score (nSPS) is 22.9. The van der Waals surface area contributed by atoms with Crippen LogP contribution in [0.2, 0.25) is 0 Å². The molecule has 3 rings (SSSR count). The van der Waals surface area contributed by atoms with Gasteiger partial charge in [0.15, 0.2) is 5.78 Å². The topological polar surface area (TPSA) is 59.3 Å². The van der Waals surface area contributed by atoms with E-state index >= 15 is 0 Å². The minimum absolute atomic E-state index is 0.194. The second kappa shape index (κ2) is 7.14. The summed E-state index contributed by atoms with van der Waals surface area (Å²) < 4.78 is 12.2. The highest BCUT2D eigenvalue weighted by Crippen LogP contribution is 2.42. The fourth-order valence-corrected chi connectivity index (χ4v) is 3.03. The van der Waals surface area contributed by atoms with E-state index in [0.29, 0.717) is 23.6 Å². The van der Waals surface area contributed by atoms with Gasteiger partial charge in [-0.3, -0.25) is 4.79 Å². The molecule has 1 aliphatic rings. The fraction of sp³-hybridized carbons (Fsp3) is 0.263. The lowest BCUT2D eigenvalue weighted by atomic mass is 9.90. The van der Waals surface area contributed by atoms with Crippen LogP contribution in [0.3, 0.4) is 0 Å². The smallest absolute Gasteiger partial charge is 0.223 e. The van der Waals surface area contributed by atoms with Crippen LogP contribution in [0, 0.1) is 11.3 Å². The van der Waals surface area contributed by atoms with Gasteiger partial charge in [0.2, 0.25) is 5.79 Å². The first-order valence-electron chi connectivity index (χ1n) is 7.64. The number of ether oxygens (including phenoxy) is 2. The number of nitrogens with zero attached hydrogens (tertiary/aromatic N) is 1. The van der Waals surface area contributed by atoms with E-state index in [2.05, 4.69) is 0 Å². The molecule has 24 heavy (non-hydrogen) atoms. The minimum atomic E-state index is -1.19. The molecule has 0 spiro atoms. The molecule has 1 saturated heterocycles. The molecule has 0 saturated carbocycles. The van der Waals surface area contributed by atoms with Crippen LogP contribution in [0.1, 0.15) is 27.9 Å². The van der Waals surface area contributed by atoms with Crippen LogP contribution < -0.4 is 0 Å². The Kier molecular flexibility index (Phi) is 4.96. The first-order chi connectivity index (χ1) is 11.7. The summed E-state index contributed by atoms with van der Waals surface area (Å²) in [5.41, 5.74) is 1.82. The number of ketones is 1. The van der Waals surface area contributed by atoms with Gasteiger partial charge in [0.05, 0.1) is 31.1 Å². The van der Waals surface area contributed by atoms with Crippen molar-refractivity contribution < 1.29 is 14.3 Å². The lowest BCUT2D eigenvalue weighted by molar-refractivity contribution is -0.140. The Labute approximate surface area is 145 Å². The van der Waals surface area contributed by atoms with Gasteiger partial charge < -0.3 is 9.47 Å². The van der Waals surface area contributed by atoms with Crippen molar-refractivity contribution >= 4 is 17.4 Å². The summed E-state index contributed by atoms with van der Waals surface area (Å²) in [6.45, 7) is 0.333. The Balaban J connectivity index is 2.15. The highest BCUT2D eigenvalue weighted by atomic mass is 35.5. The Hall–Kier alpha value is -2.19. The second-order valence-electron chi connectivity index (χ2n) is 5.49. The Morgan fingerprint density at radius 2 is 1.92 bits per heavy atom. The Morgan fingerprint density at radius 1 is 1.21 bits per heavy atom. The molecule has 122 valence electrons. The lowest BCUT2D eigenvalue weighted by Gasteiger charge is -2.30. The molecule has 2 atom stereocenters. The van der Waals surface area contributed by atoms with Gasteiger partial charge in [0.1, 0.15) is 0 Å². The quantitative estimate of drug-likeness (QED) is 0.615. The summed E-state index contributed by atoms with van der Waals surface area (Å²) in [6.07, 6.45) is -0.466. The number of Topliss-reactive ketones (excluding diaryl/α,β-unsaturated/α-hetero) is 1. The van der Waals surface area contributed by atoms with Gasteiger partial charge >= 0.3 is 0 Å². The third-order valence-electron chi connectivity index (χ3n) is 3.95. The van der Waals surface area contributed by atoms with Crippen LogP contribution in [0.5, 0.6) is 0 Å². The van der Waals surface area contributed by atoms with E-state index in [1.807, 2.05) is 42.5 Å². The predicted octanol–water partition coefficient (Wildman–Crippen LogP) is 3.64. The van der Waals surface area contributed by atoms with Crippen molar-refractivity contribution in [2.24, 2.45) is 0 Å². The number of alkyl halides is 1. The summed E-state index contributed by atoms with van der Waals surface area (Å²) in [6, 6.07) is 18.4. The van der Waals surface area contributed by atoms with Crippen molar-refractivity contribution in [1.29, 1.82) is 5.26 Å². The fourth-order valence-electron chi connectivity index (χ4n) is 2.88. The third kappa shape index (κ3) is 2.94. The van der Waals surface area contributed by atoms with Crippen molar-refractivity contribution in [2.45, 2.75) is 18.3 Å². The summed E-state index contributed by atoms with van der Waals surface area (Å²) in [5.74, 6) is -1.16. The molecule has 0 amide bonds. The summed E-state index contributed by atoms with van der Waals surface area (Å²) in [7, 11) is 0. The van der Waals surface area contributed by atoms with E-state index in [9.17, 15) is 4.79 Å². The molecule has 2 aromatic carbocycles. The predicted molar refractivity (Wildman–Crippen MR) is 89.8 cm³/mol. The van der Waals surface area contributed by atoms with Gasteiger partial charge in [-0.2, -0.15) is 5.26 Å². The number of rotatable bonds is 5. The minimum Gasteiger partial charge on any atom is -0.339 e. The first-order valence-corrected chi connectivity index (χ1v) is 8.17. The standard InChI is InChI=1S/C19H16ClNO3/c20-12-15-13-23-19(24-15,14-6-2-1-3-7-14)17-9-5-4-8-16(17)18(22)10-11-21/h1-9,15H,10,12-13H2. The molecule has 2 aromatic rings. The van der Waals surface area contributed by atoms with Gasteiger partial charge in [-0.15, -0.1) is 11.6 Å².